The van der Waals surface area contributed by atoms with Gasteiger partial charge in [0.05, 0.1) is 19.3 Å². The molecule has 5 heteroatoms. The van der Waals surface area contributed by atoms with Gasteiger partial charge >= 0.3 is 0 Å². The van der Waals surface area contributed by atoms with E-state index in [4.69, 9.17) is 15.2 Å². The Kier molecular flexibility index (Phi) is 6.31. The molecule has 1 unspecified atom stereocenters. The SMILES string of the molecule is CNC(C)(CCCCOc1cccc(OC)c1)C(N)=O. The van der Waals surface area contributed by atoms with Crippen LogP contribution in [0.4, 0.5) is 0 Å². The monoisotopic (exact) mass is 280 g/mol. The molecule has 1 aromatic carbocycles. The lowest BCUT2D eigenvalue weighted by Crippen LogP contribution is -2.51. The maximum Gasteiger partial charge on any atom is 0.237 e. The Morgan fingerprint density at radius 2 is 2.05 bits per heavy atom. The second kappa shape index (κ2) is 7.75. The number of benzene rings is 1. The van der Waals surface area contributed by atoms with Gasteiger partial charge in [-0.3, -0.25) is 4.79 Å². The maximum atomic E-state index is 11.3. The molecule has 5 nitrogen and oxygen atoms in total. The van der Waals surface area contributed by atoms with E-state index in [1.54, 1.807) is 14.2 Å². The van der Waals surface area contributed by atoms with Gasteiger partial charge in [0.2, 0.25) is 5.91 Å². The third-order valence-corrected chi connectivity index (χ3v) is 3.48. The van der Waals surface area contributed by atoms with Crippen LogP contribution in [0, 0.1) is 0 Å². The van der Waals surface area contributed by atoms with Gasteiger partial charge in [-0.25, -0.2) is 0 Å². The van der Waals surface area contributed by atoms with Gasteiger partial charge in [-0.2, -0.15) is 0 Å². The molecule has 3 N–H and O–H groups in total. The Hall–Kier alpha value is -1.75. The van der Waals surface area contributed by atoms with Gasteiger partial charge in [-0.05, 0) is 45.4 Å². The topological polar surface area (TPSA) is 73.6 Å². The Labute approximate surface area is 120 Å². The molecule has 112 valence electrons. The molecule has 1 aromatic rings. The van der Waals surface area contributed by atoms with Crippen molar-refractivity contribution in [3.05, 3.63) is 24.3 Å². The summed E-state index contributed by atoms with van der Waals surface area (Å²) in [4.78, 5) is 11.3. The van der Waals surface area contributed by atoms with Crippen molar-refractivity contribution >= 4 is 5.91 Å². The number of hydrogen-bond acceptors (Lipinski definition) is 4. The van der Waals surface area contributed by atoms with Crippen molar-refractivity contribution in [3.8, 4) is 11.5 Å². The van der Waals surface area contributed by atoms with Crippen molar-refractivity contribution in [2.75, 3.05) is 20.8 Å². The summed E-state index contributed by atoms with van der Waals surface area (Å²) in [6.45, 7) is 2.42. The molecule has 1 amide bonds. The van der Waals surface area contributed by atoms with E-state index >= 15 is 0 Å². The van der Waals surface area contributed by atoms with Crippen LogP contribution >= 0.6 is 0 Å². The minimum Gasteiger partial charge on any atom is -0.497 e. The highest BCUT2D eigenvalue weighted by Crippen LogP contribution is 2.19. The molecule has 20 heavy (non-hydrogen) atoms. The van der Waals surface area contributed by atoms with Crippen LogP contribution in [-0.2, 0) is 4.79 Å². The Morgan fingerprint density at radius 1 is 1.35 bits per heavy atom. The number of methoxy groups -OCH3 is 1. The lowest BCUT2D eigenvalue weighted by Gasteiger charge is -2.25. The van der Waals surface area contributed by atoms with Crippen molar-refractivity contribution in [1.82, 2.24) is 5.32 Å². The molecule has 0 spiro atoms. The third kappa shape index (κ3) is 4.74. The van der Waals surface area contributed by atoms with Gasteiger partial charge in [0, 0.05) is 6.07 Å². The second-order valence-corrected chi connectivity index (χ2v) is 4.93. The minimum atomic E-state index is -0.643. The summed E-state index contributed by atoms with van der Waals surface area (Å²) in [6, 6.07) is 7.50. The summed E-state index contributed by atoms with van der Waals surface area (Å²) < 4.78 is 10.8. The third-order valence-electron chi connectivity index (χ3n) is 3.48. The first-order valence-electron chi connectivity index (χ1n) is 6.77. The van der Waals surface area contributed by atoms with Crippen LogP contribution in [0.25, 0.3) is 0 Å². The van der Waals surface area contributed by atoms with Crippen molar-refractivity contribution in [1.29, 1.82) is 0 Å². The number of carbonyl (C=O) groups excluding carboxylic acids is 1. The average molecular weight is 280 g/mol. The molecule has 0 aliphatic carbocycles. The van der Waals surface area contributed by atoms with E-state index in [1.165, 1.54) is 0 Å². The zero-order valence-corrected chi connectivity index (χ0v) is 12.4. The molecule has 1 atom stereocenters. The average Bonchev–Trinajstić information content (AvgIpc) is 2.46. The molecule has 0 fully saturated rings. The van der Waals surface area contributed by atoms with Crippen molar-refractivity contribution < 1.29 is 14.3 Å². The predicted octanol–water partition coefficient (Wildman–Crippen LogP) is 1.71. The van der Waals surface area contributed by atoms with Crippen LogP contribution in [0.1, 0.15) is 26.2 Å². The number of amides is 1. The number of likely N-dealkylation sites (N-methyl/N-ethyl adjacent to an activating group) is 1. The zero-order valence-electron chi connectivity index (χ0n) is 12.4. The normalized spacial score (nSPS) is 13.6. The fraction of sp³-hybridized carbons (Fsp3) is 0.533. The summed E-state index contributed by atoms with van der Waals surface area (Å²) >= 11 is 0. The van der Waals surface area contributed by atoms with E-state index in [0.29, 0.717) is 13.0 Å². The van der Waals surface area contributed by atoms with Gasteiger partial charge in [0.25, 0.3) is 0 Å². The number of rotatable bonds is 9. The van der Waals surface area contributed by atoms with E-state index in [-0.39, 0.29) is 5.91 Å². The molecule has 0 aliphatic heterocycles. The van der Waals surface area contributed by atoms with E-state index in [9.17, 15) is 4.79 Å². The highest BCUT2D eigenvalue weighted by molar-refractivity contribution is 5.84. The smallest absolute Gasteiger partial charge is 0.237 e. The molecule has 0 aliphatic rings. The largest absolute Gasteiger partial charge is 0.497 e. The van der Waals surface area contributed by atoms with Gasteiger partial charge in [-0.15, -0.1) is 0 Å². The number of nitrogens with two attached hydrogens (primary N) is 1. The summed E-state index contributed by atoms with van der Waals surface area (Å²) in [5.41, 5.74) is 4.73. The molecular weight excluding hydrogens is 256 g/mol. The maximum absolute atomic E-state index is 11.3. The number of hydrogen-bond donors (Lipinski definition) is 2. The summed E-state index contributed by atoms with van der Waals surface area (Å²) in [6.07, 6.45) is 2.42. The number of carbonyl (C=O) groups is 1. The summed E-state index contributed by atoms with van der Waals surface area (Å²) in [5.74, 6) is 1.24. The van der Waals surface area contributed by atoms with Crippen LogP contribution in [0.5, 0.6) is 11.5 Å². The highest BCUT2D eigenvalue weighted by Gasteiger charge is 2.27. The molecule has 1 rings (SSSR count). The number of unbranched alkanes of at least 4 members (excludes halogenated alkanes) is 1. The lowest BCUT2D eigenvalue weighted by molar-refractivity contribution is -0.123. The number of ether oxygens (including phenoxy) is 2. The molecule has 0 saturated carbocycles. The van der Waals surface area contributed by atoms with E-state index in [2.05, 4.69) is 5.32 Å². The minimum absolute atomic E-state index is 0.325. The van der Waals surface area contributed by atoms with Gasteiger partial charge < -0.3 is 20.5 Å². The fourth-order valence-corrected chi connectivity index (χ4v) is 1.83. The van der Waals surface area contributed by atoms with Crippen LogP contribution in [0.3, 0.4) is 0 Å². The molecule has 0 saturated heterocycles. The van der Waals surface area contributed by atoms with E-state index in [1.807, 2.05) is 31.2 Å². The fourth-order valence-electron chi connectivity index (χ4n) is 1.83. The molecule has 0 aromatic heterocycles. The molecule has 0 heterocycles. The van der Waals surface area contributed by atoms with Crippen molar-refractivity contribution in [2.45, 2.75) is 31.7 Å². The molecule has 0 radical (unpaired) electrons. The number of nitrogens with one attached hydrogen (secondary N) is 1. The van der Waals surface area contributed by atoms with Crippen LogP contribution in [-0.4, -0.2) is 32.2 Å². The van der Waals surface area contributed by atoms with Crippen LogP contribution in [0.2, 0.25) is 0 Å². The quantitative estimate of drug-likeness (QED) is 0.675. The first-order valence-corrected chi connectivity index (χ1v) is 6.77. The molecule has 0 bridgehead atoms. The standard InChI is InChI=1S/C15H24N2O3/c1-15(17-2,14(16)18)9-4-5-10-20-13-8-6-7-12(11-13)19-3/h6-8,11,17H,4-5,9-10H2,1-3H3,(H2,16,18). The summed E-state index contributed by atoms with van der Waals surface area (Å²) in [5, 5.41) is 2.97. The highest BCUT2D eigenvalue weighted by atomic mass is 16.5. The van der Waals surface area contributed by atoms with E-state index < -0.39 is 5.54 Å². The summed E-state index contributed by atoms with van der Waals surface area (Å²) in [7, 11) is 3.37. The zero-order chi connectivity index (χ0) is 15.0. The number of primary amides is 1. The van der Waals surface area contributed by atoms with Gasteiger partial charge in [0.15, 0.2) is 0 Å². The van der Waals surface area contributed by atoms with Crippen molar-refractivity contribution in [3.63, 3.8) is 0 Å². The van der Waals surface area contributed by atoms with Gasteiger partial charge in [0.1, 0.15) is 11.5 Å². The Balaban J connectivity index is 2.30. The van der Waals surface area contributed by atoms with E-state index in [0.717, 1.165) is 24.3 Å². The van der Waals surface area contributed by atoms with Gasteiger partial charge in [-0.1, -0.05) is 6.07 Å². The predicted molar refractivity (Wildman–Crippen MR) is 79.0 cm³/mol. The van der Waals surface area contributed by atoms with Crippen molar-refractivity contribution in [2.24, 2.45) is 5.73 Å². The first-order chi connectivity index (χ1) is 9.51. The van der Waals surface area contributed by atoms with Crippen LogP contribution < -0.4 is 20.5 Å². The van der Waals surface area contributed by atoms with Crippen LogP contribution in [0.15, 0.2) is 24.3 Å². The molecular formula is C15H24N2O3. The Morgan fingerprint density at radius 3 is 2.65 bits per heavy atom. The second-order valence-electron chi connectivity index (χ2n) is 4.93. The Bertz CT molecular complexity index is 437. The lowest BCUT2D eigenvalue weighted by atomic mass is 9.94. The first kappa shape index (κ1) is 16.3.